The van der Waals surface area contributed by atoms with E-state index in [0.717, 1.165) is 33.4 Å². The van der Waals surface area contributed by atoms with Crippen LogP contribution < -0.4 is 0 Å². The maximum Gasteiger partial charge on any atom is 0.164 e. The molecule has 0 fully saturated rings. The van der Waals surface area contributed by atoms with Gasteiger partial charge in [0.15, 0.2) is 17.5 Å². The van der Waals surface area contributed by atoms with Gasteiger partial charge < -0.3 is 9.13 Å². The second-order valence-corrected chi connectivity index (χ2v) is 14.9. The average molecular weight is 696 g/mol. The van der Waals surface area contributed by atoms with Crippen molar-refractivity contribution in [3.63, 3.8) is 0 Å². The lowest BCUT2D eigenvalue weighted by atomic mass is 10.0. The number of benzene rings is 7. The lowest BCUT2D eigenvalue weighted by molar-refractivity contribution is 0.423. The zero-order valence-electron chi connectivity index (χ0n) is 30.4. The molecule has 0 saturated heterocycles. The van der Waals surface area contributed by atoms with Crippen LogP contribution in [0.2, 0.25) is 0 Å². The van der Waals surface area contributed by atoms with Crippen molar-refractivity contribution in [3.8, 4) is 51.0 Å². The first-order valence-electron chi connectivity index (χ1n) is 18.5. The van der Waals surface area contributed by atoms with E-state index in [0.29, 0.717) is 17.5 Å². The van der Waals surface area contributed by atoms with Crippen LogP contribution >= 0.6 is 0 Å². The van der Waals surface area contributed by atoms with E-state index < -0.39 is 0 Å². The van der Waals surface area contributed by atoms with Gasteiger partial charge in [-0.15, -0.1) is 0 Å². The van der Waals surface area contributed by atoms with Crippen molar-refractivity contribution in [3.05, 3.63) is 170 Å². The molecule has 0 bridgehead atoms. The number of nitrogens with zero attached hydrogens (tertiary/aromatic N) is 5. The molecule has 3 aromatic heterocycles. The molecule has 54 heavy (non-hydrogen) atoms. The van der Waals surface area contributed by atoms with Crippen molar-refractivity contribution >= 4 is 43.6 Å². The summed E-state index contributed by atoms with van der Waals surface area (Å²) in [4.78, 5) is 15.0. The Hall–Kier alpha value is -6.85. The zero-order valence-corrected chi connectivity index (χ0v) is 30.4. The molecule has 10 aromatic rings. The first-order chi connectivity index (χ1) is 26.4. The predicted molar refractivity (Wildman–Crippen MR) is 224 cm³/mol. The molecule has 5 nitrogen and oxygen atoms in total. The SMILES string of the molecule is CC(C)(C)n1c2ccccc2c2cc(-c3ccc4c5ccccc5n(-c5cccc(-c6nc(-c7ccccc7)nc(-c7ccccc7)n6)c5)c4c3)ccc21. The van der Waals surface area contributed by atoms with Gasteiger partial charge in [-0.05, 0) is 74.4 Å². The van der Waals surface area contributed by atoms with Gasteiger partial charge in [-0.1, -0.05) is 127 Å². The van der Waals surface area contributed by atoms with Crippen LogP contribution in [0.4, 0.5) is 0 Å². The molecule has 10 rings (SSSR count). The number of hydrogen-bond acceptors (Lipinski definition) is 3. The molecule has 0 saturated carbocycles. The fourth-order valence-electron chi connectivity index (χ4n) is 8.03. The van der Waals surface area contributed by atoms with Crippen LogP contribution in [0.1, 0.15) is 20.8 Å². The fraction of sp³-hybridized carbons (Fsp3) is 0.0816. The van der Waals surface area contributed by atoms with Crippen molar-refractivity contribution < 1.29 is 0 Å². The molecule has 0 aliphatic carbocycles. The molecule has 7 aromatic carbocycles. The van der Waals surface area contributed by atoms with E-state index in [1.54, 1.807) is 0 Å². The van der Waals surface area contributed by atoms with Crippen molar-refractivity contribution in [2.24, 2.45) is 0 Å². The Morgan fingerprint density at radius 3 is 1.52 bits per heavy atom. The Labute approximate surface area is 313 Å². The maximum absolute atomic E-state index is 5.03. The van der Waals surface area contributed by atoms with Crippen LogP contribution in [-0.2, 0) is 5.54 Å². The quantitative estimate of drug-likeness (QED) is 0.180. The summed E-state index contributed by atoms with van der Waals surface area (Å²) in [5.74, 6) is 1.93. The van der Waals surface area contributed by atoms with Gasteiger partial charge in [-0.2, -0.15) is 0 Å². The molecule has 5 heteroatoms. The van der Waals surface area contributed by atoms with E-state index in [1.807, 2.05) is 60.7 Å². The summed E-state index contributed by atoms with van der Waals surface area (Å²) in [5, 5.41) is 4.98. The molecule has 0 unspecified atom stereocenters. The van der Waals surface area contributed by atoms with Gasteiger partial charge >= 0.3 is 0 Å². The standard InChI is InChI=1S/C49H37N5/c1-49(2,3)54-43-24-13-11-22-39(43)41-30-34(26-28-44(41)54)35-25-27-40-38-21-10-12-23-42(38)53(45(40)31-35)37-20-14-19-36(29-37)48-51-46(32-15-6-4-7-16-32)50-47(52-48)33-17-8-5-9-18-33/h4-31H,1-3H3. The van der Waals surface area contributed by atoms with Crippen LogP contribution in [0.3, 0.4) is 0 Å². The number of para-hydroxylation sites is 2. The molecule has 0 aliphatic heterocycles. The summed E-state index contributed by atoms with van der Waals surface area (Å²) in [6, 6.07) is 60.0. The summed E-state index contributed by atoms with van der Waals surface area (Å²) in [5.41, 5.74) is 11.0. The summed E-state index contributed by atoms with van der Waals surface area (Å²) in [6.45, 7) is 6.83. The van der Waals surface area contributed by atoms with Gasteiger partial charge in [-0.3, -0.25) is 0 Å². The topological polar surface area (TPSA) is 48.5 Å². The summed E-state index contributed by atoms with van der Waals surface area (Å²) in [6.07, 6.45) is 0. The first-order valence-corrected chi connectivity index (χ1v) is 18.5. The highest BCUT2D eigenvalue weighted by atomic mass is 15.1. The Bertz CT molecular complexity index is 2960. The molecule has 0 N–H and O–H groups in total. The Morgan fingerprint density at radius 2 is 0.852 bits per heavy atom. The van der Waals surface area contributed by atoms with E-state index in [9.17, 15) is 0 Å². The minimum Gasteiger partial charge on any atom is -0.335 e. The average Bonchev–Trinajstić information content (AvgIpc) is 3.74. The molecule has 0 radical (unpaired) electrons. The van der Waals surface area contributed by atoms with E-state index in [1.165, 1.54) is 43.7 Å². The normalized spacial score (nSPS) is 12.0. The van der Waals surface area contributed by atoms with Crippen LogP contribution in [0.25, 0.3) is 94.6 Å². The van der Waals surface area contributed by atoms with Crippen molar-refractivity contribution in [2.45, 2.75) is 26.3 Å². The number of aromatic nitrogens is 5. The monoisotopic (exact) mass is 695 g/mol. The van der Waals surface area contributed by atoms with Crippen LogP contribution in [0, 0.1) is 0 Å². The third-order valence-electron chi connectivity index (χ3n) is 10.4. The predicted octanol–water partition coefficient (Wildman–Crippen LogP) is 12.5. The van der Waals surface area contributed by atoms with Crippen molar-refractivity contribution in [2.75, 3.05) is 0 Å². The smallest absolute Gasteiger partial charge is 0.164 e. The van der Waals surface area contributed by atoms with Crippen LogP contribution in [-0.4, -0.2) is 24.1 Å². The Balaban J connectivity index is 1.15. The van der Waals surface area contributed by atoms with Crippen molar-refractivity contribution in [1.29, 1.82) is 0 Å². The second-order valence-electron chi connectivity index (χ2n) is 14.9. The highest BCUT2D eigenvalue weighted by molar-refractivity contribution is 6.12. The van der Waals surface area contributed by atoms with E-state index >= 15 is 0 Å². The maximum atomic E-state index is 5.03. The number of rotatable bonds is 5. The fourth-order valence-corrected chi connectivity index (χ4v) is 8.03. The molecule has 0 atom stereocenters. The largest absolute Gasteiger partial charge is 0.335 e. The molecular weight excluding hydrogens is 659 g/mol. The van der Waals surface area contributed by atoms with Gasteiger partial charge in [0, 0.05) is 60.5 Å². The Kier molecular flexibility index (Phi) is 7.31. The summed E-state index contributed by atoms with van der Waals surface area (Å²) in [7, 11) is 0. The molecule has 0 spiro atoms. The third-order valence-corrected chi connectivity index (χ3v) is 10.4. The molecule has 258 valence electrons. The summed E-state index contributed by atoms with van der Waals surface area (Å²) < 4.78 is 4.84. The first kappa shape index (κ1) is 31.9. The molecule has 0 aliphatic rings. The minimum absolute atomic E-state index is 0.0508. The third kappa shape index (κ3) is 5.28. The van der Waals surface area contributed by atoms with E-state index in [2.05, 4.69) is 139 Å². The van der Waals surface area contributed by atoms with Gasteiger partial charge in [0.25, 0.3) is 0 Å². The number of fused-ring (bicyclic) bond motifs is 6. The molecule has 3 heterocycles. The lowest BCUT2D eigenvalue weighted by Crippen LogP contribution is -2.21. The molecular formula is C49H37N5. The van der Waals surface area contributed by atoms with Gasteiger partial charge in [0.2, 0.25) is 0 Å². The van der Waals surface area contributed by atoms with E-state index in [-0.39, 0.29) is 5.54 Å². The van der Waals surface area contributed by atoms with Crippen molar-refractivity contribution in [1.82, 2.24) is 24.1 Å². The second kappa shape index (κ2) is 12.4. The highest BCUT2D eigenvalue weighted by Crippen LogP contribution is 2.39. The number of hydrogen-bond donors (Lipinski definition) is 0. The molecule has 0 amide bonds. The zero-order chi connectivity index (χ0) is 36.4. The van der Waals surface area contributed by atoms with Gasteiger partial charge in [0.05, 0.1) is 11.0 Å². The van der Waals surface area contributed by atoms with Crippen LogP contribution in [0.15, 0.2) is 170 Å². The summed E-state index contributed by atoms with van der Waals surface area (Å²) >= 11 is 0. The lowest BCUT2D eigenvalue weighted by Gasteiger charge is -2.24. The van der Waals surface area contributed by atoms with E-state index in [4.69, 9.17) is 15.0 Å². The van der Waals surface area contributed by atoms with Crippen LogP contribution in [0.5, 0.6) is 0 Å². The van der Waals surface area contributed by atoms with Gasteiger partial charge in [-0.25, -0.2) is 15.0 Å². The Morgan fingerprint density at radius 1 is 0.352 bits per heavy atom. The minimum atomic E-state index is -0.0508. The van der Waals surface area contributed by atoms with Gasteiger partial charge in [0.1, 0.15) is 0 Å². The highest BCUT2D eigenvalue weighted by Gasteiger charge is 2.21.